The molecule has 0 unspecified atom stereocenters. The molecule has 0 heterocycles. The topological polar surface area (TPSA) is 50.4 Å². The molecule has 2 N–H and O–H groups in total. The number of benzene rings is 2. The Bertz CT molecular complexity index is 614. The van der Waals surface area contributed by atoms with E-state index in [4.69, 9.17) is 16.3 Å². The smallest absolute Gasteiger partial charge is 0.319 e. The molecule has 2 amide bonds. The van der Waals surface area contributed by atoms with E-state index in [0.29, 0.717) is 11.6 Å². The minimum absolute atomic E-state index is 0.215. The molecule has 2 aromatic rings. The zero-order chi connectivity index (χ0) is 15.8. The van der Waals surface area contributed by atoms with Gasteiger partial charge in [-0.15, -0.1) is 0 Å². The number of halogens is 1. The van der Waals surface area contributed by atoms with E-state index in [1.807, 2.05) is 18.2 Å². The van der Waals surface area contributed by atoms with Gasteiger partial charge in [0.2, 0.25) is 0 Å². The Kier molecular flexibility index (Phi) is 6.10. The molecular weight excluding hydrogens is 300 g/mol. The zero-order valence-electron chi connectivity index (χ0n) is 12.4. The maximum atomic E-state index is 11.7. The molecule has 2 rings (SSSR count). The molecule has 0 radical (unpaired) electrons. The molecule has 0 saturated heterocycles. The van der Waals surface area contributed by atoms with E-state index in [9.17, 15) is 4.79 Å². The van der Waals surface area contributed by atoms with Crippen LogP contribution in [0.1, 0.15) is 12.0 Å². The number of amides is 2. The Morgan fingerprint density at radius 2 is 1.95 bits per heavy atom. The van der Waals surface area contributed by atoms with Crippen LogP contribution >= 0.6 is 11.6 Å². The van der Waals surface area contributed by atoms with Crippen molar-refractivity contribution in [3.05, 3.63) is 59.1 Å². The highest BCUT2D eigenvalue weighted by molar-refractivity contribution is 6.30. The first-order valence-electron chi connectivity index (χ1n) is 7.11. The molecule has 0 aliphatic rings. The number of methoxy groups -OCH3 is 1. The molecule has 0 atom stereocenters. The van der Waals surface area contributed by atoms with E-state index in [-0.39, 0.29) is 6.03 Å². The lowest BCUT2D eigenvalue weighted by Gasteiger charge is -2.08. The van der Waals surface area contributed by atoms with Gasteiger partial charge in [-0.3, -0.25) is 0 Å². The van der Waals surface area contributed by atoms with Crippen LogP contribution in [0.4, 0.5) is 10.5 Å². The predicted octanol–water partition coefficient (Wildman–Crippen LogP) is 4.10. The molecular formula is C17H19ClN2O2. The van der Waals surface area contributed by atoms with Gasteiger partial charge >= 0.3 is 6.03 Å². The van der Waals surface area contributed by atoms with Crippen molar-refractivity contribution in [3.8, 4) is 5.75 Å². The summed E-state index contributed by atoms with van der Waals surface area (Å²) in [6.45, 7) is 0.608. The van der Waals surface area contributed by atoms with Gasteiger partial charge in [0, 0.05) is 17.3 Å². The van der Waals surface area contributed by atoms with Crippen LogP contribution in [0, 0.1) is 0 Å². The van der Waals surface area contributed by atoms with E-state index in [1.165, 1.54) is 5.56 Å². The second-order valence-electron chi connectivity index (χ2n) is 4.84. The number of aryl methyl sites for hydroxylation is 1. The lowest BCUT2D eigenvalue weighted by Crippen LogP contribution is -2.29. The average molecular weight is 319 g/mol. The standard InChI is InChI=1S/C17H19ClN2O2/c1-22-16-6-2-4-13(12-16)5-3-11-19-17(21)20-15-9-7-14(18)8-10-15/h2,4,6-10,12H,3,5,11H2,1H3,(H2,19,20,21). The number of urea groups is 1. The second-order valence-corrected chi connectivity index (χ2v) is 5.28. The number of anilines is 1. The monoisotopic (exact) mass is 318 g/mol. The molecule has 116 valence electrons. The first kappa shape index (κ1) is 16.2. The Hall–Kier alpha value is -2.20. The number of hydrogen-bond donors (Lipinski definition) is 2. The Morgan fingerprint density at radius 3 is 2.68 bits per heavy atom. The third-order valence-electron chi connectivity index (χ3n) is 3.16. The molecule has 0 saturated carbocycles. The Balaban J connectivity index is 1.69. The van der Waals surface area contributed by atoms with E-state index in [0.717, 1.165) is 24.3 Å². The summed E-state index contributed by atoms with van der Waals surface area (Å²) in [4.78, 5) is 11.7. The second kappa shape index (κ2) is 8.29. The minimum atomic E-state index is -0.215. The molecule has 0 aromatic heterocycles. The molecule has 0 bridgehead atoms. The van der Waals surface area contributed by atoms with E-state index < -0.39 is 0 Å². The first-order valence-corrected chi connectivity index (χ1v) is 7.48. The molecule has 4 nitrogen and oxygen atoms in total. The van der Waals surface area contributed by atoms with Crippen LogP contribution in [0.15, 0.2) is 48.5 Å². The first-order chi connectivity index (χ1) is 10.7. The fraction of sp³-hybridized carbons (Fsp3) is 0.235. The largest absolute Gasteiger partial charge is 0.497 e. The summed E-state index contributed by atoms with van der Waals surface area (Å²) in [7, 11) is 1.65. The summed E-state index contributed by atoms with van der Waals surface area (Å²) in [5.74, 6) is 0.853. The number of carbonyl (C=O) groups excluding carboxylic acids is 1. The highest BCUT2D eigenvalue weighted by atomic mass is 35.5. The predicted molar refractivity (Wildman–Crippen MR) is 89.8 cm³/mol. The van der Waals surface area contributed by atoms with E-state index in [1.54, 1.807) is 31.4 Å². The van der Waals surface area contributed by atoms with Gasteiger partial charge in [0.1, 0.15) is 5.75 Å². The minimum Gasteiger partial charge on any atom is -0.497 e. The fourth-order valence-electron chi connectivity index (χ4n) is 2.03. The maximum Gasteiger partial charge on any atom is 0.319 e. The summed E-state index contributed by atoms with van der Waals surface area (Å²) < 4.78 is 5.19. The summed E-state index contributed by atoms with van der Waals surface area (Å²) in [6, 6.07) is 14.7. The lowest BCUT2D eigenvalue weighted by molar-refractivity contribution is 0.252. The molecule has 0 aliphatic heterocycles. The number of carbonyl (C=O) groups is 1. The van der Waals surface area contributed by atoms with E-state index in [2.05, 4.69) is 16.7 Å². The number of hydrogen-bond acceptors (Lipinski definition) is 2. The number of rotatable bonds is 6. The molecule has 0 fully saturated rings. The van der Waals surface area contributed by atoms with Crippen molar-refractivity contribution < 1.29 is 9.53 Å². The van der Waals surface area contributed by atoms with Crippen molar-refractivity contribution in [2.45, 2.75) is 12.8 Å². The summed E-state index contributed by atoms with van der Waals surface area (Å²) >= 11 is 5.79. The summed E-state index contributed by atoms with van der Waals surface area (Å²) in [5, 5.41) is 6.23. The zero-order valence-corrected chi connectivity index (χ0v) is 13.2. The van der Waals surface area contributed by atoms with Gasteiger partial charge < -0.3 is 15.4 Å². The molecule has 0 spiro atoms. The highest BCUT2D eigenvalue weighted by Gasteiger charge is 2.01. The van der Waals surface area contributed by atoms with Gasteiger partial charge in [-0.05, 0) is 54.8 Å². The summed E-state index contributed by atoms with van der Waals surface area (Å²) in [5.41, 5.74) is 1.91. The van der Waals surface area contributed by atoms with Crippen LogP contribution in [0.3, 0.4) is 0 Å². The van der Waals surface area contributed by atoms with Crippen LogP contribution in [0.2, 0.25) is 5.02 Å². The van der Waals surface area contributed by atoms with Crippen molar-refractivity contribution in [3.63, 3.8) is 0 Å². The van der Waals surface area contributed by atoms with Gasteiger partial charge in [0.15, 0.2) is 0 Å². The van der Waals surface area contributed by atoms with Crippen LogP contribution in [-0.2, 0) is 6.42 Å². The van der Waals surface area contributed by atoms with Crippen molar-refractivity contribution in [1.82, 2.24) is 5.32 Å². The van der Waals surface area contributed by atoms with Gasteiger partial charge in [-0.1, -0.05) is 23.7 Å². The number of nitrogens with one attached hydrogen (secondary N) is 2. The van der Waals surface area contributed by atoms with Crippen molar-refractivity contribution in [2.75, 3.05) is 19.0 Å². The van der Waals surface area contributed by atoms with Crippen molar-refractivity contribution in [1.29, 1.82) is 0 Å². The van der Waals surface area contributed by atoms with Crippen LogP contribution in [0.5, 0.6) is 5.75 Å². The van der Waals surface area contributed by atoms with Crippen LogP contribution < -0.4 is 15.4 Å². The van der Waals surface area contributed by atoms with Gasteiger partial charge in [-0.25, -0.2) is 4.79 Å². The maximum absolute atomic E-state index is 11.7. The molecule has 5 heteroatoms. The van der Waals surface area contributed by atoms with Crippen LogP contribution in [0.25, 0.3) is 0 Å². The fourth-order valence-corrected chi connectivity index (χ4v) is 2.16. The Labute approximate surface area is 135 Å². The highest BCUT2D eigenvalue weighted by Crippen LogP contribution is 2.14. The number of ether oxygens (including phenoxy) is 1. The molecule has 22 heavy (non-hydrogen) atoms. The van der Waals surface area contributed by atoms with Crippen molar-refractivity contribution >= 4 is 23.3 Å². The van der Waals surface area contributed by atoms with Crippen LogP contribution in [-0.4, -0.2) is 19.7 Å². The summed E-state index contributed by atoms with van der Waals surface area (Å²) in [6.07, 6.45) is 1.75. The Morgan fingerprint density at radius 1 is 1.18 bits per heavy atom. The van der Waals surface area contributed by atoms with E-state index >= 15 is 0 Å². The van der Waals surface area contributed by atoms with Crippen molar-refractivity contribution in [2.24, 2.45) is 0 Å². The van der Waals surface area contributed by atoms with Gasteiger partial charge in [0.25, 0.3) is 0 Å². The van der Waals surface area contributed by atoms with Gasteiger partial charge in [0.05, 0.1) is 7.11 Å². The normalized spacial score (nSPS) is 10.1. The lowest BCUT2D eigenvalue weighted by atomic mass is 10.1. The third-order valence-corrected chi connectivity index (χ3v) is 3.42. The van der Waals surface area contributed by atoms with Gasteiger partial charge in [-0.2, -0.15) is 0 Å². The SMILES string of the molecule is COc1cccc(CCCNC(=O)Nc2ccc(Cl)cc2)c1. The average Bonchev–Trinajstić information content (AvgIpc) is 2.54. The quantitative estimate of drug-likeness (QED) is 0.788. The third kappa shape index (κ3) is 5.30. The molecule has 0 aliphatic carbocycles. The molecule has 2 aromatic carbocycles.